The standard InChI is InChI=1S/C22H24F3NO2S3/c1-4-5-14(8-9-29-21-26-13(3)17(31-21)11-19(27)28)20-12(2)16-7-6-15(22(23,24)25)10-18(16)30-20/h6-7,10,14H,4-5,8-9,11H2,1-3H3,(H,27,28). The van der Waals surface area contributed by atoms with E-state index in [0.717, 1.165) is 56.9 Å². The van der Waals surface area contributed by atoms with Crippen molar-refractivity contribution in [2.45, 2.75) is 62.9 Å². The van der Waals surface area contributed by atoms with Crippen molar-refractivity contribution >= 4 is 50.5 Å². The average Bonchev–Trinajstić information content (AvgIpc) is 3.19. The molecule has 3 nitrogen and oxygen atoms in total. The number of carboxylic acids is 1. The molecule has 0 spiro atoms. The first kappa shape index (κ1) is 24.1. The van der Waals surface area contributed by atoms with E-state index in [1.165, 1.54) is 33.6 Å². The number of benzene rings is 1. The van der Waals surface area contributed by atoms with Gasteiger partial charge in [0.2, 0.25) is 0 Å². The fourth-order valence-electron chi connectivity index (χ4n) is 3.62. The molecular formula is C22H24F3NO2S3. The number of hydrogen-bond acceptors (Lipinski definition) is 5. The second-order valence-corrected chi connectivity index (χ2v) is 11.0. The van der Waals surface area contributed by atoms with E-state index in [2.05, 4.69) is 11.9 Å². The molecule has 0 radical (unpaired) electrons. The number of carbonyl (C=O) groups is 1. The molecule has 0 fully saturated rings. The summed E-state index contributed by atoms with van der Waals surface area (Å²) in [5.41, 5.74) is 1.23. The molecule has 0 bridgehead atoms. The normalized spacial score (nSPS) is 13.1. The van der Waals surface area contributed by atoms with Crippen LogP contribution in [0.15, 0.2) is 22.5 Å². The Labute approximate surface area is 191 Å². The van der Waals surface area contributed by atoms with Crippen LogP contribution in [0.4, 0.5) is 13.2 Å². The topological polar surface area (TPSA) is 50.2 Å². The molecule has 0 aliphatic carbocycles. The second kappa shape index (κ2) is 9.92. The van der Waals surface area contributed by atoms with Gasteiger partial charge in [0, 0.05) is 20.2 Å². The largest absolute Gasteiger partial charge is 0.481 e. The highest BCUT2D eigenvalue weighted by Crippen LogP contribution is 2.42. The fraction of sp³-hybridized carbons (Fsp3) is 0.455. The molecule has 3 rings (SSSR count). The first-order valence-corrected chi connectivity index (χ1v) is 12.6. The van der Waals surface area contributed by atoms with E-state index in [9.17, 15) is 18.0 Å². The molecule has 2 heterocycles. The highest BCUT2D eigenvalue weighted by molar-refractivity contribution is 8.01. The van der Waals surface area contributed by atoms with Crippen LogP contribution in [0.3, 0.4) is 0 Å². The van der Waals surface area contributed by atoms with Crippen molar-refractivity contribution in [3.8, 4) is 0 Å². The molecular weight excluding hydrogens is 463 g/mol. The number of rotatable bonds is 9. The molecule has 1 N–H and O–H groups in total. The molecule has 0 saturated heterocycles. The Kier molecular flexibility index (Phi) is 7.70. The molecule has 31 heavy (non-hydrogen) atoms. The summed E-state index contributed by atoms with van der Waals surface area (Å²) in [6.45, 7) is 5.95. The minimum absolute atomic E-state index is 0.0105. The molecule has 0 aliphatic heterocycles. The summed E-state index contributed by atoms with van der Waals surface area (Å²) < 4.78 is 40.8. The van der Waals surface area contributed by atoms with Gasteiger partial charge in [-0.1, -0.05) is 31.2 Å². The molecule has 9 heteroatoms. The number of thiophene rings is 1. The van der Waals surface area contributed by atoms with Gasteiger partial charge in [-0.3, -0.25) is 4.79 Å². The van der Waals surface area contributed by atoms with Gasteiger partial charge in [0.05, 0.1) is 17.7 Å². The van der Waals surface area contributed by atoms with E-state index in [4.69, 9.17) is 5.11 Å². The van der Waals surface area contributed by atoms with Crippen molar-refractivity contribution in [2.24, 2.45) is 0 Å². The van der Waals surface area contributed by atoms with Gasteiger partial charge in [-0.2, -0.15) is 13.2 Å². The fourth-order valence-corrected chi connectivity index (χ4v) is 7.39. The van der Waals surface area contributed by atoms with Gasteiger partial charge >= 0.3 is 12.1 Å². The van der Waals surface area contributed by atoms with Crippen molar-refractivity contribution < 1.29 is 23.1 Å². The minimum Gasteiger partial charge on any atom is -0.481 e. The van der Waals surface area contributed by atoms with Crippen LogP contribution in [0.1, 0.15) is 58.7 Å². The molecule has 2 aromatic heterocycles. The van der Waals surface area contributed by atoms with Gasteiger partial charge in [0.25, 0.3) is 0 Å². The zero-order valence-corrected chi connectivity index (χ0v) is 20.0. The zero-order chi connectivity index (χ0) is 22.8. The van der Waals surface area contributed by atoms with Crippen molar-refractivity contribution in [1.82, 2.24) is 4.98 Å². The molecule has 1 unspecified atom stereocenters. The third-order valence-corrected chi connectivity index (χ3v) is 8.94. The number of carboxylic acid groups (broad SMARTS) is 1. The SMILES string of the molecule is CCCC(CCSc1nc(C)c(CC(=O)O)s1)c1sc2cc(C(F)(F)F)ccc2c1C. The van der Waals surface area contributed by atoms with E-state index in [0.29, 0.717) is 4.70 Å². The summed E-state index contributed by atoms with van der Waals surface area (Å²) in [6, 6.07) is 4.01. The lowest BCUT2D eigenvalue weighted by Gasteiger charge is -2.15. The van der Waals surface area contributed by atoms with E-state index >= 15 is 0 Å². The molecule has 0 aliphatic rings. The molecule has 1 aromatic carbocycles. The maximum absolute atomic E-state index is 13.1. The lowest BCUT2D eigenvalue weighted by molar-refractivity contribution is -0.138. The quantitative estimate of drug-likeness (QED) is 0.314. The molecule has 168 valence electrons. The smallest absolute Gasteiger partial charge is 0.416 e. The lowest BCUT2D eigenvalue weighted by Crippen LogP contribution is -2.03. The third-order valence-electron chi connectivity index (χ3n) is 5.19. The number of nitrogens with zero attached hydrogens (tertiary/aromatic N) is 1. The van der Waals surface area contributed by atoms with Gasteiger partial charge in [0.1, 0.15) is 4.34 Å². The van der Waals surface area contributed by atoms with Crippen molar-refractivity contribution in [2.75, 3.05) is 5.75 Å². The number of hydrogen-bond donors (Lipinski definition) is 1. The zero-order valence-electron chi connectivity index (χ0n) is 17.5. The number of aromatic nitrogens is 1. The van der Waals surface area contributed by atoms with Crippen molar-refractivity contribution in [3.63, 3.8) is 0 Å². The summed E-state index contributed by atoms with van der Waals surface area (Å²) >= 11 is 4.52. The Balaban J connectivity index is 1.75. The van der Waals surface area contributed by atoms with E-state index in [1.807, 2.05) is 13.8 Å². The Morgan fingerprint density at radius 1 is 1.23 bits per heavy atom. The Bertz CT molecular complexity index is 1070. The van der Waals surface area contributed by atoms with Crippen LogP contribution in [-0.4, -0.2) is 21.8 Å². The van der Waals surface area contributed by atoms with Crippen LogP contribution < -0.4 is 0 Å². The number of thiazole rings is 1. The van der Waals surface area contributed by atoms with Crippen LogP contribution in [0.25, 0.3) is 10.1 Å². The third kappa shape index (κ3) is 5.81. The lowest BCUT2D eigenvalue weighted by atomic mass is 9.95. The first-order valence-electron chi connectivity index (χ1n) is 10.0. The maximum Gasteiger partial charge on any atom is 0.416 e. The molecule has 3 aromatic rings. The Hall–Kier alpha value is -1.58. The summed E-state index contributed by atoms with van der Waals surface area (Å²) in [5, 5.41) is 9.89. The predicted molar refractivity (Wildman–Crippen MR) is 123 cm³/mol. The van der Waals surface area contributed by atoms with E-state index in [1.54, 1.807) is 17.8 Å². The number of aryl methyl sites for hydroxylation is 2. The van der Waals surface area contributed by atoms with Crippen LogP contribution in [0, 0.1) is 13.8 Å². The van der Waals surface area contributed by atoms with Crippen LogP contribution in [0.2, 0.25) is 0 Å². The summed E-state index contributed by atoms with van der Waals surface area (Å²) in [5.74, 6) is 0.245. The van der Waals surface area contributed by atoms with Gasteiger partial charge in [-0.25, -0.2) is 4.98 Å². The Morgan fingerprint density at radius 3 is 2.61 bits per heavy atom. The molecule has 0 saturated carbocycles. The van der Waals surface area contributed by atoms with Crippen molar-refractivity contribution in [1.29, 1.82) is 0 Å². The summed E-state index contributed by atoms with van der Waals surface area (Å²) in [4.78, 5) is 17.4. The summed E-state index contributed by atoms with van der Waals surface area (Å²) in [7, 11) is 0. The predicted octanol–water partition coefficient (Wildman–Crippen LogP) is 7.69. The molecule has 0 amide bonds. The number of alkyl halides is 3. The van der Waals surface area contributed by atoms with Gasteiger partial charge in [-0.15, -0.1) is 22.7 Å². The van der Waals surface area contributed by atoms with E-state index in [-0.39, 0.29) is 12.3 Å². The first-order chi connectivity index (χ1) is 14.6. The Morgan fingerprint density at radius 2 is 1.97 bits per heavy atom. The van der Waals surface area contributed by atoms with E-state index < -0.39 is 17.7 Å². The summed E-state index contributed by atoms with van der Waals surface area (Å²) in [6.07, 6.45) is -1.48. The van der Waals surface area contributed by atoms with Crippen LogP contribution in [0.5, 0.6) is 0 Å². The van der Waals surface area contributed by atoms with Crippen LogP contribution in [-0.2, 0) is 17.4 Å². The number of fused-ring (bicyclic) bond motifs is 1. The molecule has 1 atom stereocenters. The highest BCUT2D eigenvalue weighted by atomic mass is 32.2. The second-order valence-electron chi connectivity index (χ2n) is 7.48. The van der Waals surface area contributed by atoms with Crippen molar-refractivity contribution in [3.05, 3.63) is 44.8 Å². The van der Waals surface area contributed by atoms with Crippen LogP contribution >= 0.6 is 34.4 Å². The number of halogens is 3. The maximum atomic E-state index is 13.1. The van der Waals surface area contributed by atoms with Gasteiger partial charge in [0.15, 0.2) is 0 Å². The number of aliphatic carboxylic acids is 1. The average molecular weight is 488 g/mol. The number of thioether (sulfide) groups is 1. The minimum atomic E-state index is -4.34. The highest BCUT2D eigenvalue weighted by Gasteiger charge is 2.31. The monoisotopic (exact) mass is 487 g/mol. The van der Waals surface area contributed by atoms with Gasteiger partial charge in [-0.05, 0) is 55.7 Å². The van der Waals surface area contributed by atoms with Gasteiger partial charge < -0.3 is 5.11 Å².